The molecular formula is C33H64ClNNaO3S. The minimum absolute atomic E-state index is 0. The van der Waals surface area contributed by atoms with Crippen molar-refractivity contribution in [1.29, 1.82) is 0 Å². The van der Waals surface area contributed by atoms with Gasteiger partial charge in [0.2, 0.25) is 0 Å². The van der Waals surface area contributed by atoms with Gasteiger partial charge in [-0.05, 0) is 31.4 Å². The third-order valence-corrected chi connectivity index (χ3v) is 8.28. The zero-order chi connectivity index (χ0) is 28.4. The van der Waals surface area contributed by atoms with Crippen LogP contribution in [-0.4, -0.2) is 76.8 Å². The molecule has 1 aromatic carbocycles. The van der Waals surface area contributed by atoms with Crippen LogP contribution in [-0.2, 0) is 14.3 Å². The van der Waals surface area contributed by atoms with Crippen molar-refractivity contribution in [2.24, 2.45) is 0 Å². The molecule has 0 heterocycles. The van der Waals surface area contributed by atoms with Crippen molar-refractivity contribution in [1.82, 2.24) is 0 Å². The summed E-state index contributed by atoms with van der Waals surface area (Å²) in [7, 11) is 3.29. The molecule has 1 rings (SSSR count). The van der Waals surface area contributed by atoms with E-state index in [9.17, 15) is 8.42 Å². The molecule has 0 saturated heterocycles. The van der Waals surface area contributed by atoms with Crippen molar-refractivity contribution in [3.63, 3.8) is 0 Å². The Bertz CT molecular complexity index is 727. The summed E-state index contributed by atoms with van der Waals surface area (Å²) in [5.41, 5.74) is 0. The van der Waals surface area contributed by atoms with E-state index in [4.69, 9.17) is 4.18 Å². The number of rotatable bonds is 24. The SMILES string of the molecule is CCCCCCCCCCCCOS(=O)(=O)c1ccccc1.CCCCCCCCCCCC[N+](C)(C)C.[Cl-].[Na]. The normalized spacial score (nSPS) is 11.2. The van der Waals surface area contributed by atoms with E-state index in [1.807, 2.05) is 0 Å². The number of hydrogen-bond donors (Lipinski definition) is 0. The Morgan fingerprint density at radius 1 is 0.575 bits per heavy atom. The minimum atomic E-state index is -3.57. The van der Waals surface area contributed by atoms with Crippen LogP contribution in [0.3, 0.4) is 0 Å². The van der Waals surface area contributed by atoms with Crippen molar-refractivity contribution in [3.05, 3.63) is 30.3 Å². The van der Waals surface area contributed by atoms with Crippen LogP contribution in [0.2, 0.25) is 0 Å². The van der Waals surface area contributed by atoms with E-state index in [1.165, 1.54) is 122 Å². The smallest absolute Gasteiger partial charge is 0.296 e. The molecule has 0 fully saturated rings. The Labute approximate surface area is 279 Å². The average Bonchev–Trinajstić information content (AvgIpc) is 2.88. The summed E-state index contributed by atoms with van der Waals surface area (Å²) in [5, 5.41) is 0. The van der Waals surface area contributed by atoms with Crippen molar-refractivity contribution in [3.8, 4) is 0 Å². The molecule has 7 heteroatoms. The monoisotopic (exact) mass is 612 g/mol. The summed E-state index contributed by atoms with van der Waals surface area (Å²) < 4.78 is 29.9. The van der Waals surface area contributed by atoms with Crippen molar-refractivity contribution < 1.29 is 29.5 Å². The first-order valence-electron chi connectivity index (χ1n) is 16.0. The second kappa shape index (κ2) is 30.8. The zero-order valence-corrected chi connectivity index (χ0v) is 31.0. The van der Waals surface area contributed by atoms with E-state index >= 15 is 0 Å². The number of benzene rings is 1. The van der Waals surface area contributed by atoms with Gasteiger partial charge in [-0.25, -0.2) is 0 Å². The third kappa shape index (κ3) is 31.3. The molecule has 0 aliphatic rings. The van der Waals surface area contributed by atoms with Gasteiger partial charge in [-0.2, -0.15) is 8.42 Å². The fourth-order valence-electron chi connectivity index (χ4n) is 4.49. The minimum Gasteiger partial charge on any atom is -1.00 e. The Hall–Kier alpha value is 0.380. The maximum Gasteiger partial charge on any atom is 0.296 e. The summed E-state index contributed by atoms with van der Waals surface area (Å²) in [6.45, 7) is 6.14. The number of halogens is 1. The molecule has 0 atom stereocenters. The maximum atomic E-state index is 11.9. The molecule has 233 valence electrons. The molecule has 4 nitrogen and oxygen atoms in total. The fourth-order valence-corrected chi connectivity index (χ4v) is 5.45. The van der Waals surface area contributed by atoms with E-state index in [0.29, 0.717) is 0 Å². The van der Waals surface area contributed by atoms with Gasteiger partial charge in [-0.1, -0.05) is 141 Å². The van der Waals surface area contributed by atoms with Gasteiger partial charge in [0.05, 0.1) is 39.2 Å². The van der Waals surface area contributed by atoms with Gasteiger partial charge < -0.3 is 16.9 Å². The number of unbranched alkanes of at least 4 members (excludes halogenated alkanes) is 18. The number of nitrogens with zero attached hydrogens (tertiary/aromatic N) is 1. The molecule has 0 amide bonds. The van der Waals surface area contributed by atoms with Gasteiger partial charge in [0, 0.05) is 29.6 Å². The van der Waals surface area contributed by atoms with Crippen molar-refractivity contribution >= 4 is 39.7 Å². The molecule has 0 aliphatic carbocycles. The van der Waals surface area contributed by atoms with E-state index in [2.05, 4.69) is 35.0 Å². The molecule has 0 bridgehead atoms. The van der Waals surface area contributed by atoms with Crippen LogP contribution in [0, 0.1) is 0 Å². The largest absolute Gasteiger partial charge is 1.00 e. The third-order valence-electron chi connectivity index (χ3n) is 6.95. The molecule has 0 aromatic heterocycles. The summed E-state index contributed by atoms with van der Waals surface area (Å²) in [6.07, 6.45) is 26.7. The average molecular weight is 613 g/mol. The first-order valence-corrected chi connectivity index (χ1v) is 17.4. The molecule has 0 spiro atoms. The summed E-state index contributed by atoms with van der Waals surface area (Å²) in [5.74, 6) is 0. The Morgan fingerprint density at radius 3 is 1.30 bits per heavy atom. The Balaban J connectivity index is -0.000000683. The topological polar surface area (TPSA) is 43.4 Å². The summed E-state index contributed by atoms with van der Waals surface area (Å²) in [6, 6.07) is 8.33. The molecule has 1 radical (unpaired) electrons. The van der Waals surface area contributed by atoms with Crippen molar-refractivity contribution in [2.45, 2.75) is 147 Å². The van der Waals surface area contributed by atoms with Crippen molar-refractivity contribution in [2.75, 3.05) is 34.3 Å². The fraction of sp³-hybridized carbons (Fsp3) is 0.818. The van der Waals surface area contributed by atoms with Gasteiger partial charge in [0.1, 0.15) is 0 Å². The molecule has 40 heavy (non-hydrogen) atoms. The molecular weight excluding hydrogens is 549 g/mol. The van der Waals surface area contributed by atoms with Gasteiger partial charge in [-0.3, -0.25) is 4.18 Å². The zero-order valence-electron chi connectivity index (χ0n) is 27.4. The molecule has 0 unspecified atom stereocenters. The summed E-state index contributed by atoms with van der Waals surface area (Å²) >= 11 is 0. The molecule has 0 N–H and O–H groups in total. The van der Waals surface area contributed by atoms with Crippen LogP contribution in [0.4, 0.5) is 0 Å². The van der Waals surface area contributed by atoms with Crippen LogP contribution in [0.25, 0.3) is 0 Å². The predicted octanol–water partition coefficient (Wildman–Crippen LogP) is 6.55. The van der Waals surface area contributed by atoms with E-state index in [1.54, 1.807) is 30.3 Å². The Morgan fingerprint density at radius 2 is 0.925 bits per heavy atom. The predicted molar refractivity (Wildman–Crippen MR) is 172 cm³/mol. The van der Waals surface area contributed by atoms with Gasteiger partial charge in [-0.15, -0.1) is 0 Å². The second-order valence-corrected chi connectivity index (χ2v) is 13.6. The quantitative estimate of drug-likeness (QED) is 0.0575. The first-order chi connectivity index (χ1) is 18.2. The second-order valence-electron chi connectivity index (χ2n) is 12.0. The van der Waals surface area contributed by atoms with Gasteiger partial charge >= 0.3 is 0 Å². The van der Waals surface area contributed by atoms with Crippen LogP contribution >= 0.6 is 0 Å². The number of quaternary nitrogens is 1. The van der Waals surface area contributed by atoms with Crippen LogP contribution in [0.5, 0.6) is 0 Å². The molecule has 0 aliphatic heterocycles. The van der Waals surface area contributed by atoms with E-state index in [0.717, 1.165) is 17.3 Å². The first kappa shape index (κ1) is 44.8. The maximum absolute atomic E-state index is 11.9. The summed E-state index contributed by atoms with van der Waals surface area (Å²) in [4.78, 5) is 0.238. The Kier molecular flexibility index (Phi) is 34.5. The molecule has 0 saturated carbocycles. The number of hydrogen-bond acceptors (Lipinski definition) is 3. The van der Waals surface area contributed by atoms with Crippen LogP contribution < -0.4 is 12.4 Å². The molecule has 1 aromatic rings. The van der Waals surface area contributed by atoms with Crippen LogP contribution in [0.15, 0.2) is 35.2 Å². The van der Waals surface area contributed by atoms with Crippen LogP contribution in [0.1, 0.15) is 142 Å². The van der Waals surface area contributed by atoms with E-state index < -0.39 is 10.1 Å². The van der Waals surface area contributed by atoms with Gasteiger partial charge in [0.25, 0.3) is 10.1 Å². The van der Waals surface area contributed by atoms with E-state index in [-0.39, 0.29) is 53.5 Å². The standard InChI is InChI=1S/C18H30O3S.C15H34N.ClH.Na/c1-2-3-4-5-6-7-8-9-10-14-17-21-22(19,20)18-15-12-11-13-16-18;1-5-6-7-8-9-10-11-12-13-14-15-16(2,3)4;;/h11-13,15-16H,2-10,14,17H2,1H3;5-15H2,1-4H3;1H;/q;+1;;/p-1. The van der Waals surface area contributed by atoms with Gasteiger partial charge in [0.15, 0.2) is 0 Å².